The Morgan fingerprint density at radius 1 is 1.11 bits per heavy atom. The third-order valence-corrected chi connectivity index (χ3v) is 5.07. The Morgan fingerprint density at radius 2 is 1.79 bits per heavy atom. The number of halogens is 1. The number of aryl methyl sites for hydroxylation is 1. The summed E-state index contributed by atoms with van der Waals surface area (Å²) in [6.45, 7) is 1.70. The van der Waals surface area contributed by atoms with E-state index < -0.39 is 17.7 Å². The predicted molar refractivity (Wildman–Crippen MR) is 107 cm³/mol. The van der Waals surface area contributed by atoms with Crippen LogP contribution in [0.3, 0.4) is 0 Å². The fourth-order valence-corrected chi connectivity index (χ4v) is 3.51. The first kappa shape index (κ1) is 18.2. The van der Waals surface area contributed by atoms with Gasteiger partial charge in [0, 0.05) is 16.1 Å². The van der Waals surface area contributed by atoms with Crippen LogP contribution in [-0.4, -0.2) is 22.0 Å². The minimum absolute atomic E-state index is 0.0131. The molecule has 4 rings (SSSR count). The molecule has 1 fully saturated rings. The topological polar surface area (TPSA) is 83.6 Å². The molecule has 0 saturated carbocycles. The zero-order chi connectivity index (χ0) is 19.8. The highest BCUT2D eigenvalue weighted by atomic mass is 79.9. The lowest BCUT2D eigenvalue weighted by Crippen LogP contribution is -2.29. The summed E-state index contributed by atoms with van der Waals surface area (Å²) in [5, 5.41) is 14.8. The molecule has 2 aromatic carbocycles. The van der Waals surface area contributed by atoms with Crippen LogP contribution in [0, 0.1) is 6.92 Å². The lowest BCUT2D eigenvalue weighted by Gasteiger charge is -2.22. The van der Waals surface area contributed by atoms with Gasteiger partial charge in [-0.25, -0.2) is 0 Å². The molecule has 1 saturated heterocycles. The zero-order valence-corrected chi connectivity index (χ0v) is 16.4. The van der Waals surface area contributed by atoms with Crippen molar-refractivity contribution in [2.45, 2.75) is 13.0 Å². The summed E-state index contributed by atoms with van der Waals surface area (Å²) in [6, 6.07) is 16.7. The number of hydrogen-bond acceptors (Lipinski definition) is 5. The van der Waals surface area contributed by atoms with E-state index in [-0.39, 0.29) is 17.2 Å². The number of carbonyl (C=O) groups excluding carboxylic acids is 2. The Kier molecular flexibility index (Phi) is 4.60. The van der Waals surface area contributed by atoms with E-state index in [0.29, 0.717) is 16.9 Å². The lowest BCUT2D eigenvalue weighted by atomic mass is 9.95. The summed E-state index contributed by atoms with van der Waals surface area (Å²) in [6.07, 6.45) is 0. The highest BCUT2D eigenvalue weighted by Gasteiger charge is 2.48. The fraction of sp³-hybridized carbons (Fsp3) is 0.0952. The Bertz CT molecular complexity index is 1090. The molecule has 0 bridgehead atoms. The molecule has 2 heterocycles. The number of rotatable bonds is 3. The molecule has 6 nitrogen and oxygen atoms in total. The molecule has 140 valence electrons. The van der Waals surface area contributed by atoms with Crippen molar-refractivity contribution < 1.29 is 19.2 Å². The van der Waals surface area contributed by atoms with Crippen molar-refractivity contribution in [2.24, 2.45) is 0 Å². The molecule has 7 heteroatoms. The summed E-state index contributed by atoms with van der Waals surface area (Å²) in [7, 11) is 0. The third kappa shape index (κ3) is 3.03. The van der Waals surface area contributed by atoms with Gasteiger partial charge in [0.2, 0.25) is 0 Å². The highest BCUT2D eigenvalue weighted by molar-refractivity contribution is 9.10. The van der Waals surface area contributed by atoms with Crippen LogP contribution in [0.5, 0.6) is 0 Å². The Balaban J connectivity index is 1.93. The van der Waals surface area contributed by atoms with Crippen LogP contribution in [0.2, 0.25) is 0 Å². The smallest absolute Gasteiger partial charge is 0.301 e. The number of carbonyl (C=O) groups is 2. The molecular formula is C21H15BrN2O4. The molecule has 3 aromatic rings. The molecule has 0 aliphatic carbocycles. The average Bonchev–Trinajstić information content (AvgIpc) is 3.24. The van der Waals surface area contributed by atoms with Crippen LogP contribution in [0.4, 0.5) is 5.82 Å². The van der Waals surface area contributed by atoms with Gasteiger partial charge in [0.05, 0.1) is 11.6 Å². The Labute approximate surface area is 169 Å². The third-order valence-electron chi connectivity index (χ3n) is 4.54. The normalized spacial score (nSPS) is 18.6. The highest BCUT2D eigenvalue weighted by Crippen LogP contribution is 2.41. The number of ketones is 1. The summed E-state index contributed by atoms with van der Waals surface area (Å²) in [5.74, 6) is -1.03. The number of benzene rings is 2. The maximum atomic E-state index is 12.9. The molecular weight excluding hydrogens is 424 g/mol. The summed E-state index contributed by atoms with van der Waals surface area (Å²) >= 11 is 3.34. The zero-order valence-electron chi connectivity index (χ0n) is 14.8. The van der Waals surface area contributed by atoms with E-state index in [4.69, 9.17) is 4.52 Å². The second kappa shape index (κ2) is 7.09. The molecule has 1 aromatic heterocycles. The number of aliphatic hydroxyl groups excluding tert-OH is 1. The number of aromatic nitrogens is 1. The molecule has 28 heavy (non-hydrogen) atoms. The minimum atomic E-state index is -0.811. The van der Waals surface area contributed by atoms with Gasteiger partial charge in [0.15, 0.2) is 5.82 Å². The summed E-state index contributed by atoms with van der Waals surface area (Å²) < 4.78 is 5.93. The Morgan fingerprint density at radius 3 is 2.39 bits per heavy atom. The summed E-state index contributed by atoms with van der Waals surface area (Å²) in [4.78, 5) is 27.0. The fourth-order valence-electron chi connectivity index (χ4n) is 3.25. The molecule has 1 aliphatic heterocycles. The second-order valence-electron chi connectivity index (χ2n) is 6.38. The van der Waals surface area contributed by atoms with Gasteiger partial charge in [-0.1, -0.05) is 63.6 Å². The molecule has 1 atom stereocenters. The van der Waals surface area contributed by atoms with E-state index in [0.717, 1.165) is 4.47 Å². The first-order valence-electron chi connectivity index (χ1n) is 8.52. The summed E-state index contributed by atoms with van der Waals surface area (Å²) in [5.41, 5.74) is 1.14. The number of amides is 1. The number of hydrogen-bond donors (Lipinski definition) is 1. The van der Waals surface area contributed by atoms with Crippen molar-refractivity contribution >= 4 is 39.2 Å². The molecule has 0 spiro atoms. The van der Waals surface area contributed by atoms with Gasteiger partial charge in [-0.05, 0) is 24.6 Å². The van der Waals surface area contributed by atoms with Crippen molar-refractivity contribution in [3.63, 3.8) is 0 Å². The van der Waals surface area contributed by atoms with Gasteiger partial charge in [-0.2, -0.15) is 0 Å². The van der Waals surface area contributed by atoms with Gasteiger partial charge >= 0.3 is 5.91 Å². The van der Waals surface area contributed by atoms with Crippen molar-refractivity contribution in [3.05, 3.63) is 87.6 Å². The van der Waals surface area contributed by atoms with Crippen LogP contribution < -0.4 is 4.90 Å². The van der Waals surface area contributed by atoms with E-state index in [1.165, 1.54) is 4.90 Å². The van der Waals surface area contributed by atoms with Gasteiger partial charge < -0.3 is 9.63 Å². The quantitative estimate of drug-likeness (QED) is 0.372. The van der Waals surface area contributed by atoms with Gasteiger partial charge in [0.25, 0.3) is 5.78 Å². The first-order valence-corrected chi connectivity index (χ1v) is 9.32. The van der Waals surface area contributed by atoms with Gasteiger partial charge in [0.1, 0.15) is 11.5 Å². The molecule has 0 unspecified atom stereocenters. The molecule has 1 N–H and O–H groups in total. The minimum Gasteiger partial charge on any atom is -0.507 e. The molecule has 0 radical (unpaired) electrons. The second-order valence-corrected chi connectivity index (χ2v) is 7.30. The van der Waals surface area contributed by atoms with E-state index in [1.54, 1.807) is 49.4 Å². The number of aliphatic hydroxyl groups is 1. The predicted octanol–water partition coefficient (Wildman–Crippen LogP) is 4.37. The van der Waals surface area contributed by atoms with E-state index in [9.17, 15) is 14.7 Å². The molecule has 1 amide bonds. The number of anilines is 1. The van der Waals surface area contributed by atoms with Crippen molar-refractivity contribution in [1.29, 1.82) is 0 Å². The van der Waals surface area contributed by atoms with Gasteiger partial charge in [-0.3, -0.25) is 14.5 Å². The van der Waals surface area contributed by atoms with Crippen LogP contribution in [0.25, 0.3) is 5.76 Å². The average molecular weight is 439 g/mol. The first-order chi connectivity index (χ1) is 13.5. The maximum absolute atomic E-state index is 12.9. The van der Waals surface area contributed by atoms with Crippen LogP contribution in [0.15, 0.2) is 75.2 Å². The van der Waals surface area contributed by atoms with Gasteiger partial charge in [-0.15, -0.1) is 0 Å². The monoisotopic (exact) mass is 438 g/mol. The lowest BCUT2D eigenvalue weighted by molar-refractivity contribution is -0.132. The van der Waals surface area contributed by atoms with Crippen molar-refractivity contribution in [2.75, 3.05) is 4.90 Å². The standard InChI is InChI=1S/C21H15BrN2O4/c1-12-11-16(23-28-12)24-18(13-5-3-2-4-6-13)17(20(26)21(24)27)19(25)14-7-9-15(22)10-8-14/h2-11,18,25H,1H3/t18-/m0/s1. The van der Waals surface area contributed by atoms with Crippen molar-refractivity contribution in [1.82, 2.24) is 5.16 Å². The van der Waals surface area contributed by atoms with Crippen LogP contribution in [0.1, 0.15) is 22.9 Å². The van der Waals surface area contributed by atoms with Crippen molar-refractivity contribution in [3.8, 4) is 0 Å². The van der Waals surface area contributed by atoms with E-state index in [2.05, 4.69) is 21.1 Å². The largest absolute Gasteiger partial charge is 0.507 e. The van der Waals surface area contributed by atoms with Crippen LogP contribution >= 0.6 is 15.9 Å². The van der Waals surface area contributed by atoms with E-state index in [1.807, 2.05) is 18.2 Å². The molecule has 1 aliphatic rings. The Hall–Kier alpha value is -3.19. The maximum Gasteiger partial charge on any atom is 0.301 e. The van der Waals surface area contributed by atoms with E-state index >= 15 is 0 Å². The number of Topliss-reactive ketones (excluding diaryl/α,β-unsaturated/α-hetero) is 1. The number of nitrogens with zero attached hydrogens (tertiary/aromatic N) is 2. The SMILES string of the molecule is Cc1cc(N2C(=O)C(=O)C(=C(O)c3ccc(Br)cc3)[C@@H]2c2ccccc2)no1. The van der Waals surface area contributed by atoms with Crippen LogP contribution in [-0.2, 0) is 9.59 Å².